The molecule has 2 rings (SSSR count). The fraction of sp³-hybridized carbons (Fsp3) is 0.833. The fourth-order valence-electron chi connectivity index (χ4n) is 2.36. The molecule has 0 atom stereocenters. The van der Waals surface area contributed by atoms with Crippen molar-refractivity contribution in [3.63, 3.8) is 0 Å². The lowest BCUT2D eigenvalue weighted by Crippen LogP contribution is -1.95. The Morgan fingerprint density at radius 1 is 0.917 bits per heavy atom. The van der Waals surface area contributed by atoms with Crippen molar-refractivity contribution in [3.05, 3.63) is 11.1 Å². The summed E-state index contributed by atoms with van der Waals surface area (Å²) in [6.07, 6.45) is 8.59. The van der Waals surface area contributed by atoms with Gasteiger partial charge in [0, 0.05) is 0 Å². The largest absolute Gasteiger partial charge is 0.0710 e. The van der Waals surface area contributed by atoms with Gasteiger partial charge in [0.05, 0.1) is 0 Å². The van der Waals surface area contributed by atoms with E-state index in [1.165, 1.54) is 38.5 Å². The van der Waals surface area contributed by atoms with Crippen LogP contribution in [0.25, 0.3) is 0 Å². The lowest BCUT2D eigenvalue weighted by Gasteiger charge is -2.11. The Labute approximate surface area is 76.1 Å². The summed E-state index contributed by atoms with van der Waals surface area (Å²) in [4.78, 5) is 0. The standard InChI is InChI=1S/C12H20/c1-3-9(4-2)12(10-5-6-10)11-7-8-11/h10-11H,3-8H2,1-2H3. The summed E-state index contributed by atoms with van der Waals surface area (Å²) in [5.74, 6) is 2.07. The highest BCUT2D eigenvalue weighted by molar-refractivity contribution is 5.26. The Morgan fingerprint density at radius 3 is 1.58 bits per heavy atom. The molecule has 0 aromatic carbocycles. The van der Waals surface area contributed by atoms with Gasteiger partial charge in [0.15, 0.2) is 0 Å². The molecule has 2 aliphatic carbocycles. The van der Waals surface area contributed by atoms with E-state index in [4.69, 9.17) is 0 Å². The van der Waals surface area contributed by atoms with Crippen molar-refractivity contribution in [2.45, 2.75) is 52.4 Å². The van der Waals surface area contributed by atoms with Gasteiger partial charge in [-0.1, -0.05) is 25.0 Å². The second-order valence-electron chi connectivity index (χ2n) is 4.31. The molecular formula is C12H20. The van der Waals surface area contributed by atoms with Gasteiger partial charge in [0.2, 0.25) is 0 Å². The van der Waals surface area contributed by atoms with E-state index < -0.39 is 0 Å². The number of hydrogen-bond acceptors (Lipinski definition) is 0. The van der Waals surface area contributed by atoms with Gasteiger partial charge in [-0.25, -0.2) is 0 Å². The molecule has 0 radical (unpaired) electrons. The minimum Gasteiger partial charge on any atom is -0.0710 e. The Hall–Kier alpha value is -0.260. The van der Waals surface area contributed by atoms with E-state index in [-0.39, 0.29) is 0 Å². The van der Waals surface area contributed by atoms with E-state index in [2.05, 4.69) is 13.8 Å². The molecule has 68 valence electrons. The third-order valence-corrected chi connectivity index (χ3v) is 3.30. The Bertz CT molecular complexity index is 172. The summed E-state index contributed by atoms with van der Waals surface area (Å²) in [5.41, 5.74) is 3.69. The molecule has 0 heterocycles. The molecule has 0 saturated heterocycles. The van der Waals surface area contributed by atoms with Crippen LogP contribution < -0.4 is 0 Å². The van der Waals surface area contributed by atoms with Crippen LogP contribution in [0.3, 0.4) is 0 Å². The number of hydrogen-bond donors (Lipinski definition) is 0. The Morgan fingerprint density at radius 2 is 1.33 bits per heavy atom. The molecule has 0 amide bonds. The molecule has 12 heavy (non-hydrogen) atoms. The zero-order chi connectivity index (χ0) is 8.55. The highest BCUT2D eigenvalue weighted by Crippen LogP contribution is 2.50. The fourth-order valence-corrected chi connectivity index (χ4v) is 2.36. The maximum atomic E-state index is 2.32. The predicted molar refractivity (Wildman–Crippen MR) is 53.1 cm³/mol. The molecule has 0 nitrogen and oxygen atoms in total. The van der Waals surface area contributed by atoms with Crippen LogP contribution in [0.1, 0.15) is 52.4 Å². The summed E-state index contributed by atoms with van der Waals surface area (Å²) >= 11 is 0. The molecule has 0 bridgehead atoms. The van der Waals surface area contributed by atoms with Crippen LogP contribution in [0.15, 0.2) is 11.1 Å². The van der Waals surface area contributed by atoms with Crippen molar-refractivity contribution in [1.29, 1.82) is 0 Å². The number of allylic oxidation sites excluding steroid dienone is 2. The zero-order valence-electron chi connectivity index (χ0n) is 8.40. The molecule has 2 aliphatic rings. The third kappa shape index (κ3) is 1.57. The minimum absolute atomic E-state index is 1.03. The van der Waals surface area contributed by atoms with Gasteiger partial charge in [0.25, 0.3) is 0 Å². The van der Waals surface area contributed by atoms with E-state index in [9.17, 15) is 0 Å². The lowest BCUT2D eigenvalue weighted by atomic mass is 9.95. The van der Waals surface area contributed by atoms with E-state index in [1.54, 1.807) is 5.57 Å². The zero-order valence-corrected chi connectivity index (χ0v) is 8.40. The first-order valence-electron chi connectivity index (χ1n) is 5.58. The second-order valence-corrected chi connectivity index (χ2v) is 4.31. The van der Waals surface area contributed by atoms with Crippen molar-refractivity contribution in [3.8, 4) is 0 Å². The lowest BCUT2D eigenvalue weighted by molar-refractivity contribution is 0.789. The van der Waals surface area contributed by atoms with E-state index in [1.807, 2.05) is 5.57 Å². The molecule has 0 heteroatoms. The van der Waals surface area contributed by atoms with Gasteiger partial charge < -0.3 is 0 Å². The van der Waals surface area contributed by atoms with Gasteiger partial charge in [-0.3, -0.25) is 0 Å². The van der Waals surface area contributed by atoms with E-state index in [0.29, 0.717) is 0 Å². The molecule has 0 aromatic heterocycles. The average molecular weight is 164 g/mol. The highest BCUT2D eigenvalue weighted by atomic mass is 14.4. The third-order valence-electron chi connectivity index (χ3n) is 3.30. The summed E-state index contributed by atoms with van der Waals surface area (Å²) in [5, 5.41) is 0. The first kappa shape index (κ1) is 8.34. The molecule has 2 saturated carbocycles. The first-order valence-corrected chi connectivity index (χ1v) is 5.58. The second kappa shape index (κ2) is 3.24. The van der Waals surface area contributed by atoms with E-state index >= 15 is 0 Å². The van der Waals surface area contributed by atoms with Crippen LogP contribution in [0.2, 0.25) is 0 Å². The topological polar surface area (TPSA) is 0 Å². The van der Waals surface area contributed by atoms with Crippen molar-refractivity contribution in [2.24, 2.45) is 11.8 Å². The normalized spacial score (nSPS) is 22.5. The molecular weight excluding hydrogens is 144 g/mol. The monoisotopic (exact) mass is 164 g/mol. The predicted octanol–water partition coefficient (Wildman–Crippen LogP) is 3.92. The van der Waals surface area contributed by atoms with E-state index in [0.717, 1.165) is 11.8 Å². The molecule has 0 aromatic rings. The van der Waals surface area contributed by atoms with Crippen LogP contribution in [0.4, 0.5) is 0 Å². The SMILES string of the molecule is CCC(CC)=C(C1CC1)C1CC1. The van der Waals surface area contributed by atoms with Crippen LogP contribution in [0, 0.1) is 11.8 Å². The Kier molecular flexibility index (Phi) is 2.25. The minimum atomic E-state index is 1.03. The number of rotatable bonds is 4. The summed E-state index contributed by atoms with van der Waals surface area (Å²) in [6.45, 7) is 4.65. The molecule has 2 fully saturated rings. The maximum absolute atomic E-state index is 2.32. The van der Waals surface area contributed by atoms with Crippen molar-refractivity contribution in [1.82, 2.24) is 0 Å². The summed E-state index contributed by atoms with van der Waals surface area (Å²) < 4.78 is 0. The highest BCUT2D eigenvalue weighted by Gasteiger charge is 2.37. The molecule has 0 unspecified atom stereocenters. The molecule has 0 N–H and O–H groups in total. The van der Waals surface area contributed by atoms with Gasteiger partial charge in [-0.05, 0) is 50.4 Å². The van der Waals surface area contributed by atoms with Crippen molar-refractivity contribution < 1.29 is 0 Å². The smallest absolute Gasteiger partial charge is 0.0197 e. The Balaban J connectivity index is 2.14. The van der Waals surface area contributed by atoms with Crippen LogP contribution in [0.5, 0.6) is 0 Å². The first-order chi connectivity index (χ1) is 5.86. The average Bonchev–Trinajstić information content (AvgIpc) is 2.92. The van der Waals surface area contributed by atoms with Crippen LogP contribution in [-0.4, -0.2) is 0 Å². The van der Waals surface area contributed by atoms with Crippen LogP contribution >= 0.6 is 0 Å². The van der Waals surface area contributed by atoms with Crippen LogP contribution in [-0.2, 0) is 0 Å². The molecule has 0 spiro atoms. The van der Waals surface area contributed by atoms with Gasteiger partial charge in [-0.2, -0.15) is 0 Å². The summed E-state index contributed by atoms with van der Waals surface area (Å²) in [6, 6.07) is 0. The summed E-state index contributed by atoms with van der Waals surface area (Å²) in [7, 11) is 0. The quantitative estimate of drug-likeness (QED) is 0.552. The maximum Gasteiger partial charge on any atom is -0.0197 e. The van der Waals surface area contributed by atoms with Crippen molar-refractivity contribution >= 4 is 0 Å². The van der Waals surface area contributed by atoms with Gasteiger partial charge in [-0.15, -0.1) is 0 Å². The van der Waals surface area contributed by atoms with Gasteiger partial charge in [0.1, 0.15) is 0 Å². The molecule has 0 aliphatic heterocycles. The van der Waals surface area contributed by atoms with Crippen molar-refractivity contribution in [2.75, 3.05) is 0 Å². The van der Waals surface area contributed by atoms with Gasteiger partial charge >= 0.3 is 0 Å².